The molecule has 1 heterocycles. The Hall–Kier alpha value is -1.92. The van der Waals surface area contributed by atoms with Crippen molar-refractivity contribution in [3.8, 4) is 0 Å². The Morgan fingerprint density at radius 2 is 1.80 bits per heavy atom. The predicted molar refractivity (Wildman–Crippen MR) is 99.9 cm³/mol. The second kappa shape index (κ2) is 8.45. The summed E-state index contributed by atoms with van der Waals surface area (Å²) in [6.45, 7) is 10.6. The Bertz CT molecular complexity index is 716. The lowest BCUT2D eigenvalue weighted by molar-refractivity contribution is 0.0790. The molecule has 0 bridgehead atoms. The monoisotopic (exact) mass is 362 g/mol. The van der Waals surface area contributed by atoms with E-state index >= 15 is 0 Å². The lowest BCUT2D eigenvalue weighted by Gasteiger charge is -2.32. The van der Waals surface area contributed by atoms with E-state index in [1.165, 1.54) is 12.1 Å². The summed E-state index contributed by atoms with van der Waals surface area (Å²) in [4.78, 5) is 14.3. The van der Waals surface area contributed by atoms with E-state index in [1.54, 1.807) is 33.5 Å². The zero-order valence-electron chi connectivity index (χ0n) is 14.7. The summed E-state index contributed by atoms with van der Waals surface area (Å²) in [6.07, 6.45) is 6.13. The number of nitrogens with zero attached hydrogens (tertiary/aromatic N) is 2. The van der Waals surface area contributed by atoms with Crippen molar-refractivity contribution in [3.63, 3.8) is 0 Å². The van der Waals surface area contributed by atoms with Gasteiger partial charge in [-0.25, -0.2) is 8.42 Å². The quantitative estimate of drug-likeness (QED) is 0.701. The lowest BCUT2D eigenvalue weighted by atomic mass is 10.1. The summed E-state index contributed by atoms with van der Waals surface area (Å²) in [5, 5.41) is 0. The highest BCUT2D eigenvalue weighted by Crippen LogP contribution is 2.25. The van der Waals surface area contributed by atoms with Crippen LogP contribution >= 0.6 is 0 Å². The molecule has 0 spiro atoms. The number of benzene rings is 1. The third kappa shape index (κ3) is 4.38. The predicted octanol–water partition coefficient (Wildman–Crippen LogP) is 3.06. The van der Waals surface area contributed by atoms with E-state index in [-0.39, 0.29) is 16.8 Å². The molecule has 0 radical (unpaired) electrons. The SMILES string of the molecule is C=CCN(CC=C)C(=O)c1ccc(S(=O)(=O)N2CCCCC2C)cc1. The van der Waals surface area contributed by atoms with Gasteiger partial charge in [-0.1, -0.05) is 18.6 Å². The average molecular weight is 362 g/mol. The molecular formula is C19H26N2O3S. The Morgan fingerprint density at radius 3 is 2.32 bits per heavy atom. The molecule has 1 amide bonds. The van der Waals surface area contributed by atoms with Gasteiger partial charge < -0.3 is 4.90 Å². The van der Waals surface area contributed by atoms with Gasteiger partial charge in [-0.05, 0) is 44.0 Å². The normalized spacial score (nSPS) is 18.5. The molecule has 0 aliphatic carbocycles. The zero-order valence-corrected chi connectivity index (χ0v) is 15.5. The number of carbonyl (C=O) groups excluding carboxylic acids is 1. The second-order valence-corrected chi connectivity index (χ2v) is 8.16. The van der Waals surface area contributed by atoms with Crippen LogP contribution in [0.15, 0.2) is 54.5 Å². The van der Waals surface area contributed by atoms with Gasteiger partial charge >= 0.3 is 0 Å². The van der Waals surface area contributed by atoms with Gasteiger partial charge in [0.25, 0.3) is 5.91 Å². The largest absolute Gasteiger partial charge is 0.331 e. The second-order valence-electron chi connectivity index (χ2n) is 6.27. The minimum Gasteiger partial charge on any atom is -0.331 e. The first kappa shape index (κ1) is 19.4. The Morgan fingerprint density at radius 1 is 1.20 bits per heavy atom. The third-order valence-corrected chi connectivity index (χ3v) is 6.46. The van der Waals surface area contributed by atoms with E-state index in [9.17, 15) is 13.2 Å². The number of sulfonamides is 1. The number of amides is 1. The van der Waals surface area contributed by atoms with E-state index < -0.39 is 10.0 Å². The molecule has 1 atom stereocenters. The van der Waals surface area contributed by atoms with Gasteiger partial charge in [-0.15, -0.1) is 13.2 Å². The molecule has 136 valence electrons. The maximum atomic E-state index is 12.8. The van der Waals surface area contributed by atoms with Crippen LogP contribution in [-0.4, -0.2) is 49.2 Å². The van der Waals surface area contributed by atoms with Crippen LogP contribution in [0.4, 0.5) is 0 Å². The molecule has 0 saturated carbocycles. The fourth-order valence-corrected chi connectivity index (χ4v) is 4.77. The fraction of sp³-hybridized carbons (Fsp3) is 0.421. The van der Waals surface area contributed by atoms with Gasteiger partial charge in [-0.3, -0.25) is 4.79 Å². The van der Waals surface area contributed by atoms with Crippen molar-refractivity contribution in [3.05, 3.63) is 55.1 Å². The van der Waals surface area contributed by atoms with Crippen molar-refractivity contribution in [1.29, 1.82) is 0 Å². The molecule has 0 N–H and O–H groups in total. The smallest absolute Gasteiger partial charge is 0.254 e. The molecule has 0 aromatic heterocycles. The topological polar surface area (TPSA) is 57.7 Å². The summed E-state index contributed by atoms with van der Waals surface area (Å²) < 4.78 is 27.2. The lowest BCUT2D eigenvalue weighted by Crippen LogP contribution is -2.41. The van der Waals surface area contributed by atoms with Crippen LogP contribution in [0.3, 0.4) is 0 Å². The molecule has 1 fully saturated rings. The Labute approximate surface area is 150 Å². The van der Waals surface area contributed by atoms with Crippen LogP contribution in [0.25, 0.3) is 0 Å². The van der Waals surface area contributed by atoms with Gasteiger partial charge in [0.1, 0.15) is 0 Å². The van der Waals surface area contributed by atoms with Crippen LogP contribution in [0.2, 0.25) is 0 Å². The highest BCUT2D eigenvalue weighted by atomic mass is 32.2. The molecule has 25 heavy (non-hydrogen) atoms. The first-order valence-electron chi connectivity index (χ1n) is 8.54. The van der Waals surface area contributed by atoms with Gasteiger partial charge in [0.05, 0.1) is 4.90 Å². The van der Waals surface area contributed by atoms with E-state index in [2.05, 4.69) is 13.2 Å². The van der Waals surface area contributed by atoms with Crippen molar-refractivity contribution >= 4 is 15.9 Å². The van der Waals surface area contributed by atoms with Crippen molar-refractivity contribution < 1.29 is 13.2 Å². The van der Waals surface area contributed by atoms with E-state index in [0.717, 1.165) is 19.3 Å². The average Bonchev–Trinajstić information content (AvgIpc) is 2.61. The molecular weight excluding hydrogens is 336 g/mol. The minimum atomic E-state index is -3.52. The van der Waals surface area contributed by atoms with Crippen LogP contribution in [0.5, 0.6) is 0 Å². The first-order chi connectivity index (χ1) is 11.9. The highest BCUT2D eigenvalue weighted by molar-refractivity contribution is 7.89. The molecule has 1 aromatic rings. The van der Waals surface area contributed by atoms with Crippen molar-refractivity contribution in [2.24, 2.45) is 0 Å². The van der Waals surface area contributed by atoms with Crippen LogP contribution in [0.1, 0.15) is 36.5 Å². The molecule has 1 saturated heterocycles. The summed E-state index contributed by atoms with van der Waals surface area (Å²) in [5.74, 6) is -0.171. The number of hydrogen-bond donors (Lipinski definition) is 0. The van der Waals surface area contributed by atoms with Crippen LogP contribution in [0, 0.1) is 0 Å². The Kier molecular flexibility index (Phi) is 6.56. The van der Waals surface area contributed by atoms with Crippen molar-refractivity contribution in [2.75, 3.05) is 19.6 Å². The van der Waals surface area contributed by atoms with E-state index in [1.807, 2.05) is 6.92 Å². The van der Waals surface area contributed by atoms with Crippen molar-refractivity contribution in [1.82, 2.24) is 9.21 Å². The maximum absolute atomic E-state index is 12.8. The van der Waals surface area contributed by atoms with Crippen molar-refractivity contribution in [2.45, 2.75) is 37.1 Å². The third-order valence-electron chi connectivity index (χ3n) is 4.44. The van der Waals surface area contributed by atoms with Gasteiger partial charge in [0.15, 0.2) is 0 Å². The van der Waals surface area contributed by atoms with Crippen LogP contribution in [-0.2, 0) is 10.0 Å². The summed E-state index contributed by atoms with van der Waals surface area (Å²) in [7, 11) is -3.52. The summed E-state index contributed by atoms with van der Waals surface area (Å²) in [5.41, 5.74) is 0.453. The molecule has 2 rings (SSSR count). The molecule has 1 aliphatic rings. The maximum Gasteiger partial charge on any atom is 0.254 e. The van der Waals surface area contributed by atoms with Gasteiger partial charge in [-0.2, -0.15) is 4.31 Å². The van der Waals surface area contributed by atoms with Gasteiger partial charge in [0, 0.05) is 31.2 Å². The first-order valence-corrected chi connectivity index (χ1v) is 9.98. The standard InChI is InChI=1S/C19H26N2O3S/c1-4-13-20(14-5-2)19(22)17-9-11-18(12-10-17)25(23,24)21-15-7-6-8-16(21)3/h4-5,9-12,16H,1-2,6-8,13-15H2,3H3. The van der Waals surface area contributed by atoms with E-state index in [0.29, 0.717) is 25.2 Å². The highest BCUT2D eigenvalue weighted by Gasteiger charge is 2.31. The van der Waals surface area contributed by atoms with Gasteiger partial charge in [0.2, 0.25) is 10.0 Å². The number of carbonyl (C=O) groups is 1. The summed E-state index contributed by atoms with van der Waals surface area (Å²) in [6, 6.07) is 6.19. The molecule has 1 aliphatic heterocycles. The van der Waals surface area contributed by atoms with E-state index in [4.69, 9.17) is 0 Å². The fourth-order valence-electron chi connectivity index (χ4n) is 3.07. The Balaban J connectivity index is 2.22. The molecule has 1 unspecified atom stereocenters. The minimum absolute atomic E-state index is 0.00994. The van der Waals surface area contributed by atoms with Crippen LogP contribution < -0.4 is 0 Å². The number of rotatable bonds is 7. The number of piperidine rings is 1. The molecule has 5 nitrogen and oxygen atoms in total. The molecule has 6 heteroatoms. The summed E-state index contributed by atoms with van der Waals surface area (Å²) >= 11 is 0. The number of hydrogen-bond acceptors (Lipinski definition) is 3. The molecule has 1 aromatic carbocycles. The zero-order chi connectivity index (χ0) is 18.4.